The van der Waals surface area contributed by atoms with E-state index in [1.165, 1.54) is 40.3 Å². The summed E-state index contributed by atoms with van der Waals surface area (Å²) in [7, 11) is -2.14. The van der Waals surface area contributed by atoms with E-state index in [9.17, 15) is 23.1 Å². The first kappa shape index (κ1) is 22.7. The van der Waals surface area contributed by atoms with Crippen LogP contribution in [0.15, 0.2) is 29.2 Å². The molecule has 156 valence electrons. The molecule has 1 saturated carbocycles. The standard InChI is InChI=1S/C19H28N2O5S2/c1-21(15-8-4-3-5-9-15)28(25,26)16-10-6-7-14(13-16)18(22)20-17(19(23)24)11-12-27-2/h6-7,10,13,15,17H,3-5,8-9,11-12H2,1-2H3,(H,20,22)(H,23,24)/t17-/m1/s1. The second kappa shape index (κ2) is 10.3. The van der Waals surface area contributed by atoms with Crippen LogP contribution in [0.1, 0.15) is 48.9 Å². The Kier molecular flexibility index (Phi) is 8.33. The van der Waals surface area contributed by atoms with E-state index in [2.05, 4.69) is 5.32 Å². The second-order valence-electron chi connectivity index (χ2n) is 6.99. The number of carbonyl (C=O) groups is 2. The normalized spacial score (nSPS) is 16.7. The number of hydrogen-bond acceptors (Lipinski definition) is 5. The van der Waals surface area contributed by atoms with Crippen LogP contribution < -0.4 is 5.32 Å². The molecular formula is C19H28N2O5S2. The maximum absolute atomic E-state index is 13.0. The molecule has 0 bridgehead atoms. The molecular weight excluding hydrogens is 400 g/mol. The monoisotopic (exact) mass is 428 g/mol. The van der Waals surface area contributed by atoms with E-state index in [1.807, 2.05) is 6.26 Å². The zero-order chi connectivity index (χ0) is 20.7. The Labute approximate surface area is 170 Å². The minimum Gasteiger partial charge on any atom is -0.480 e. The van der Waals surface area contributed by atoms with Crippen molar-refractivity contribution in [3.63, 3.8) is 0 Å². The van der Waals surface area contributed by atoms with Gasteiger partial charge < -0.3 is 10.4 Å². The Morgan fingerprint density at radius 2 is 1.96 bits per heavy atom. The Balaban J connectivity index is 2.17. The van der Waals surface area contributed by atoms with Gasteiger partial charge in [0, 0.05) is 18.7 Å². The Morgan fingerprint density at radius 3 is 2.57 bits per heavy atom. The van der Waals surface area contributed by atoms with Gasteiger partial charge in [-0.05, 0) is 49.5 Å². The van der Waals surface area contributed by atoms with E-state index >= 15 is 0 Å². The lowest BCUT2D eigenvalue weighted by molar-refractivity contribution is -0.139. The van der Waals surface area contributed by atoms with Crippen LogP contribution in [0.25, 0.3) is 0 Å². The molecule has 0 aromatic heterocycles. The number of carbonyl (C=O) groups excluding carboxylic acids is 1. The Morgan fingerprint density at radius 1 is 1.29 bits per heavy atom. The van der Waals surface area contributed by atoms with Gasteiger partial charge in [-0.3, -0.25) is 4.79 Å². The van der Waals surface area contributed by atoms with Crippen LogP contribution in [0.4, 0.5) is 0 Å². The number of rotatable bonds is 9. The van der Waals surface area contributed by atoms with E-state index in [0.29, 0.717) is 12.2 Å². The molecule has 0 radical (unpaired) electrons. The first-order chi connectivity index (χ1) is 13.3. The van der Waals surface area contributed by atoms with Gasteiger partial charge in [-0.2, -0.15) is 16.1 Å². The molecule has 1 aromatic carbocycles. The van der Waals surface area contributed by atoms with E-state index in [4.69, 9.17) is 0 Å². The van der Waals surface area contributed by atoms with Crippen LogP contribution in [-0.4, -0.2) is 60.8 Å². The molecule has 1 aliphatic carbocycles. The van der Waals surface area contributed by atoms with Gasteiger partial charge in [-0.15, -0.1) is 0 Å². The summed E-state index contributed by atoms with van der Waals surface area (Å²) in [6.45, 7) is 0. The number of carboxylic acids is 1. The number of amides is 1. The smallest absolute Gasteiger partial charge is 0.326 e. The van der Waals surface area contributed by atoms with Crippen molar-refractivity contribution < 1.29 is 23.1 Å². The van der Waals surface area contributed by atoms with Crippen LogP contribution in [-0.2, 0) is 14.8 Å². The molecule has 0 heterocycles. The molecule has 1 amide bonds. The first-order valence-corrected chi connectivity index (χ1v) is 12.2. The maximum Gasteiger partial charge on any atom is 0.326 e. The molecule has 1 aromatic rings. The van der Waals surface area contributed by atoms with Crippen molar-refractivity contribution in [3.8, 4) is 0 Å². The van der Waals surface area contributed by atoms with Crippen LogP contribution >= 0.6 is 11.8 Å². The van der Waals surface area contributed by atoms with Gasteiger partial charge in [0.25, 0.3) is 5.91 Å². The summed E-state index contributed by atoms with van der Waals surface area (Å²) < 4.78 is 27.4. The molecule has 0 unspecified atom stereocenters. The van der Waals surface area contributed by atoms with Gasteiger partial charge in [-0.25, -0.2) is 13.2 Å². The summed E-state index contributed by atoms with van der Waals surface area (Å²) >= 11 is 1.49. The number of carboxylic acid groups (broad SMARTS) is 1. The number of benzene rings is 1. The minimum absolute atomic E-state index is 0.0285. The van der Waals surface area contributed by atoms with Crippen molar-refractivity contribution >= 4 is 33.7 Å². The third-order valence-electron chi connectivity index (χ3n) is 5.08. The zero-order valence-electron chi connectivity index (χ0n) is 16.3. The molecule has 1 fully saturated rings. The van der Waals surface area contributed by atoms with Crippen molar-refractivity contribution in [2.24, 2.45) is 0 Å². The molecule has 7 nitrogen and oxygen atoms in total. The minimum atomic E-state index is -3.72. The number of thioether (sulfide) groups is 1. The van der Waals surface area contributed by atoms with Crippen LogP contribution in [0.3, 0.4) is 0 Å². The molecule has 0 saturated heterocycles. The van der Waals surface area contributed by atoms with E-state index in [0.717, 1.165) is 32.1 Å². The topological polar surface area (TPSA) is 104 Å². The lowest BCUT2D eigenvalue weighted by Gasteiger charge is -2.30. The van der Waals surface area contributed by atoms with Gasteiger partial charge >= 0.3 is 5.97 Å². The second-order valence-corrected chi connectivity index (χ2v) is 9.97. The molecule has 0 spiro atoms. The lowest BCUT2D eigenvalue weighted by Crippen LogP contribution is -2.41. The fourth-order valence-electron chi connectivity index (χ4n) is 3.34. The molecule has 0 aliphatic heterocycles. The molecule has 2 N–H and O–H groups in total. The van der Waals surface area contributed by atoms with Crippen LogP contribution in [0.2, 0.25) is 0 Å². The summed E-state index contributed by atoms with van der Waals surface area (Å²) in [6, 6.07) is 4.74. The highest BCUT2D eigenvalue weighted by molar-refractivity contribution is 7.98. The molecule has 1 aliphatic rings. The summed E-state index contributed by atoms with van der Waals surface area (Å²) in [4.78, 5) is 23.9. The maximum atomic E-state index is 13.0. The average molecular weight is 429 g/mol. The van der Waals surface area contributed by atoms with Crippen LogP contribution in [0, 0.1) is 0 Å². The van der Waals surface area contributed by atoms with Gasteiger partial charge in [0.1, 0.15) is 6.04 Å². The van der Waals surface area contributed by atoms with Crippen molar-refractivity contribution in [2.45, 2.75) is 55.5 Å². The van der Waals surface area contributed by atoms with Crippen molar-refractivity contribution in [3.05, 3.63) is 29.8 Å². The zero-order valence-corrected chi connectivity index (χ0v) is 17.9. The summed E-state index contributed by atoms with van der Waals surface area (Å²) in [5, 5.41) is 11.7. The predicted molar refractivity (Wildman–Crippen MR) is 110 cm³/mol. The predicted octanol–water partition coefficient (Wildman–Crippen LogP) is 2.58. The Bertz CT molecular complexity index is 791. The molecule has 28 heavy (non-hydrogen) atoms. The molecule has 1 atom stereocenters. The highest BCUT2D eigenvalue weighted by Gasteiger charge is 2.29. The summed E-state index contributed by atoms with van der Waals surface area (Å²) in [5.74, 6) is -1.10. The van der Waals surface area contributed by atoms with Gasteiger partial charge in [-0.1, -0.05) is 25.3 Å². The molecule has 2 rings (SSSR count). The largest absolute Gasteiger partial charge is 0.480 e. The highest BCUT2D eigenvalue weighted by atomic mass is 32.2. The third-order valence-corrected chi connectivity index (χ3v) is 7.63. The molecule has 9 heteroatoms. The quantitative estimate of drug-likeness (QED) is 0.627. The fourth-order valence-corrected chi connectivity index (χ4v) is 5.27. The SMILES string of the molecule is CSCC[C@@H](NC(=O)c1cccc(S(=O)(=O)N(C)C2CCCCC2)c1)C(=O)O. The lowest BCUT2D eigenvalue weighted by atomic mass is 9.96. The number of sulfonamides is 1. The number of aliphatic carboxylic acids is 1. The number of nitrogens with one attached hydrogen (secondary N) is 1. The fraction of sp³-hybridized carbons (Fsp3) is 0.579. The van der Waals surface area contributed by atoms with Crippen LogP contribution in [0.5, 0.6) is 0 Å². The van der Waals surface area contributed by atoms with Gasteiger partial charge in [0.2, 0.25) is 10.0 Å². The first-order valence-electron chi connectivity index (χ1n) is 9.38. The number of hydrogen-bond donors (Lipinski definition) is 2. The van der Waals surface area contributed by atoms with Gasteiger partial charge in [0.05, 0.1) is 4.90 Å². The van der Waals surface area contributed by atoms with Gasteiger partial charge in [0.15, 0.2) is 0 Å². The summed E-state index contributed by atoms with van der Waals surface area (Å²) in [6.07, 6.45) is 6.99. The third kappa shape index (κ3) is 5.71. The highest BCUT2D eigenvalue weighted by Crippen LogP contribution is 2.26. The van der Waals surface area contributed by atoms with Crippen molar-refractivity contribution in [2.75, 3.05) is 19.1 Å². The van der Waals surface area contributed by atoms with E-state index in [1.54, 1.807) is 7.05 Å². The van der Waals surface area contributed by atoms with E-state index in [-0.39, 0.29) is 16.5 Å². The summed E-state index contributed by atoms with van der Waals surface area (Å²) in [5.41, 5.74) is 0.133. The average Bonchev–Trinajstić information content (AvgIpc) is 2.70. The van der Waals surface area contributed by atoms with Crippen molar-refractivity contribution in [1.82, 2.24) is 9.62 Å². The van der Waals surface area contributed by atoms with Crippen molar-refractivity contribution in [1.29, 1.82) is 0 Å². The number of nitrogens with zero attached hydrogens (tertiary/aromatic N) is 1. The van der Waals surface area contributed by atoms with E-state index < -0.39 is 27.9 Å². The Hall–Kier alpha value is -1.58.